The van der Waals surface area contributed by atoms with E-state index in [-0.39, 0.29) is 6.42 Å². The van der Waals surface area contributed by atoms with Gasteiger partial charge in [-0.25, -0.2) is 0 Å². The molecule has 0 aromatic heterocycles. The Labute approximate surface area is 80.4 Å². The first-order chi connectivity index (χ1) is 4.73. The first kappa shape index (κ1) is 11.8. The van der Waals surface area contributed by atoms with Crippen molar-refractivity contribution in [1.82, 2.24) is 0 Å². The predicted octanol–water partition coefficient (Wildman–Crippen LogP) is 2.02. The number of rotatable bonds is 3. The van der Waals surface area contributed by atoms with Gasteiger partial charge in [0.2, 0.25) is 0 Å². The van der Waals surface area contributed by atoms with E-state index in [1.54, 1.807) is 6.92 Å². The third kappa shape index (κ3) is 2.63. The van der Waals surface area contributed by atoms with Crippen molar-refractivity contribution in [3.63, 3.8) is 0 Å². The van der Waals surface area contributed by atoms with E-state index in [0.29, 0.717) is 0 Å². The molecule has 7 heteroatoms. The van der Waals surface area contributed by atoms with E-state index < -0.39 is 19.2 Å². The Hall–Kier alpha value is 0.780. The second kappa shape index (κ2) is 3.66. The van der Waals surface area contributed by atoms with Crippen LogP contribution >= 0.6 is 34.8 Å². The molecule has 0 bridgehead atoms. The molecule has 0 saturated carbocycles. The molecular formula is C4H7Cl3O3S. The van der Waals surface area contributed by atoms with Crippen molar-refractivity contribution in [3.05, 3.63) is 0 Å². The zero-order valence-electron chi connectivity index (χ0n) is 5.59. The van der Waals surface area contributed by atoms with Crippen molar-refractivity contribution in [2.45, 2.75) is 22.4 Å². The summed E-state index contributed by atoms with van der Waals surface area (Å²) in [5.41, 5.74) is 0. The fourth-order valence-corrected chi connectivity index (χ4v) is 1.54. The molecule has 0 aromatic carbocycles. The molecule has 0 aliphatic carbocycles. The van der Waals surface area contributed by atoms with Crippen molar-refractivity contribution in [2.24, 2.45) is 0 Å². The number of hydrogen-bond donors (Lipinski definition) is 1. The lowest BCUT2D eigenvalue weighted by Gasteiger charge is -2.19. The summed E-state index contributed by atoms with van der Waals surface area (Å²) in [5, 5.41) is -1.03. The molecular weight excluding hydrogens is 234 g/mol. The van der Waals surface area contributed by atoms with Gasteiger partial charge in [0.05, 0.1) is 5.38 Å². The third-order valence-corrected chi connectivity index (χ3v) is 4.72. The topological polar surface area (TPSA) is 54.4 Å². The summed E-state index contributed by atoms with van der Waals surface area (Å²) in [6, 6.07) is 0. The molecule has 68 valence electrons. The van der Waals surface area contributed by atoms with Crippen LogP contribution in [0.15, 0.2) is 0 Å². The van der Waals surface area contributed by atoms with Gasteiger partial charge in [-0.2, -0.15) is 8.42 Å². The molecule has 1 unspecified atom stereocenters. The van der Waals surface area contributed by atoms with Gasteiger partial charge in [0, 0.05) is 0 Å². The van der Waals surface area contributed by atoms with Crippen molar-refractivity contribution >= 4 is 44.9 Å². The molecule has 0 saturated heterocycles. The second-order valence-corrected chi connectivity index (χ2v) is 5.87. The Balaban J connectivity index is 4.74. The number of hydrogen-bond acceptors (Lipinski definition) is 2. The smallest absolute Gasteiger partial charge is 0.283 e. The van der Waals surface area contributed by atoms with Crippen molar-refractivity contribution in [2.75, 3.05) is 0 Å². The highest BCUT2D eigenvalue weighted by atomic mass is 35.5. The average molecular weight is 242 g/mol. The van der Waals surface area contributed by atoms with Gasteiger partial charge in [-0.3, -0.25) is 4.55 Å². The molecule has 0 radical (unpaired) electrons. The normalized spacial score (nSPS) is 16.5. The highest BCUT2D eigenvalue weighted by Gasteiger charge is 2.45. The van der Waals surface area contributed by atoms with Gasteiger partial charge in [-0.15, -0.1) is 11.6 Å². The van der Waals surface area contributed by atoms with E-state index in [0.717, 1.165) is 0 Å². The molecule has 0 rings (SSSR count). The van der Waals surface area contributed by atoms with Gasteiger partial charge in [-0.1, -0.05) is 30.1 Å². The van der Waals surface area contributed by atoms with Crippen molar-refractivity contribution in [3.8, 4) is 0 Å². The molecule has 0 aliphatic rings. The monoisotopic (exact) mass is 240 g/mol. The van der Waals surface area contributed by atoms with E-state index in [9.17, 15) is 8.42 Å². The Kier molecular flexibility index (Phi) is 3.92. The molecule has 0 fully saturated rings. The van der Waals surface area contributed by atoms with E-state index in [4.69, 9.17) is 39.4 Å². The average Bonchev–Trinajstić information content (AvgIpc) is 1.83. The van der Waals surface area contributed by atoms with Gasteiger partial charge >= 0.3 is 10.1 Å². The van der Waals surface area contributed by atoms with Crippen LogP contribution in [-0.2, 0) is 10.1 Å². The molecule has 0 amide bonds. The summed E-state index contributed by atoms with van der Waals surface area (Å²) < 4.78 is 27.1. The van der Waals surface area contributed by atoms with E-state index in [1.807, 2.05) is 0 Å². The summed E-state index contributed by atoms with van der Waals surface area (Å²) >= 11 is 16.0. The minimum absolute atomic E-state index is 0.244. The van der Waals surface area contributed by atoms with Gasteiger partial charge in [-0.05, 0) is 6.42 Å². The summed E-state index contributed by atoms with van der Waals surface area (Å²) in [6.07, 6.45) is 0.244. The van der Waals surface area contributed by atoms with E-state index >= 15 is 0 Å². The predicted molar refractivity (Wildman–Crippen MR) is 45.9 cm³/mol. The Morgan fingerprint density at radius 3 is 2.00 bits per heavy atom. The van der Waals surface area contributed by atoms with Crippen LogP contribution in [0.3, 0.4) is 0 Å². The summed E-state index contributed by atoms with van der Waals surface area (Å²) in [5.74, 6) is 0. The van der Waals surface area contributed by atoms with Gasteiger partial charge in [0.25, 0.3) is 3.67 Å². The Bertz CT molecular complexity index is 223. The van der Waals surface area contributed by atoms with Crippen molar-refractivity contribution < 1.29 is 13.0 Å². The van der Waals surface area contributed by atoms with E-state index in [2.05, 4.69) is 0 Å². The number of halogens is 3. The standard InChI is InChI=1S/C4H7Cl3O3S/c1-2-3(5)4(6,7)11(8,9)10/h3H,2H2,1H3,(H,8,9,10). The van der Waals surface area contributed by atoms with Crippen LogP contribution in [0, 0.1) is 0 Å². The largest absolute Gasteiger partial charge is 0.300 e. The SMILES string of the molecule is CCC(Cl)C(Cl)(Cl)S(=O)(=O)O. The molecule has 11 heavy (non-hydrogen) atoms. The summed E-state index contributed by atoms with van der Waals surface area (Å²) in [6.45, 7) is 1.60. The van der Waals surface area contributed by atoms with Crippen molar-refractivity contribution in [1.29, 1.82) is 0 Å². The minimum Gasteiger partial charge on any atom is -0.283 e. The van der Waals surface area contributed by atoms with Gasteiger partial charge in [0.1, 0.15) is 0 Å². The van der Waals surface area contributed by atoms with Gasteiger partial charge < -0.3 is 0 Å². The van der Waals surface area contributed by atoms with Crippen LogP contribution in [0.1, 0.15) is 13.3 Å². The quantitative estimate of drug-likeness (QED) is 0.607. The Morgan fingerprint density at radius 1 is 1.55 bits per heavy atom. The van der Waals surface area contributed by atoms with Crippen LogP contribution in [0.4, 0.5) is 0 Å². The molecule has 0 spiro atoms. The van der Waals surface area contributed by atoms with Crippen LogP contribution in [-0.4, -0.2) is 22.0 Å². The maximum atomic E-state index is 10.5. The zero-order chi connectivity index (χ0) is 9.28. The number of alkyl halides is 3. The third-order valence-electron chi connectivity index (χ3n) is 1.07. The Morgan fingerprint density at radius 2 is 1.91 bits per heavy atom. The molecule has 0 aromatic rings. The maximum absolute atomic E-state index is 10.5. The second-order valence-electron chi connectivity index (χ2n) is 1.91. The lowest BCUT2D eigenvalue weighted by atomic mass is 10.4. The minimum atomic E-state index is -4.51. The van der Waals surface area contributed by atoms with Crippen LogP contribution in [0.5, 0.6) is 0 Å². The lowest BCUT2D eigenvalue weighted by Crippen LogP contribution is -2.35. The highest BCUT2D eigenvalue weighted by molar-refractivity contribution is 7.90. The first-order valence-electron chi connectivity index (χ1n) is 2.72. The van der Waals surface area contributed by atoms with Crippen LogP contribution in [0.2, 0.25) is 0 Å². The fourth-order valence-electron chi connectivity index (χ4n) is 0.399. The molecule has 0 aliphatic heterocycles. The molecule has 3 nitrogen and oxygen atoms in total. The first-order valence-corrected chi connectivity index (χ1v) is 5.35. The lowest BCUT2D eigenvalue weighted by molar-refractivity contribution is 0.471. The molecule has 1 N–H and O–H groups in total. The maximum Gasteiger partial charge on any atom is 0.300 e. The fraction of sp³-hybridized carbons (Fsp3) is 1.00. The summed E-state index contributed by atoms with van der Waals surface area (Å²) in [4.78, 5) is 0. The summed E-state index contributed by atoms with van der Waals surface area (Å²) in [7, 11) is -4.51. The van der Waals surface area contributed by atoms with Crippen LogP contribution < -0.4 is 0 Å². The highest BCUT2D eigenvalue weighted by Crippen LogP contribution is 2.35. The van der Waals surface area contributed by atoms with Crippen LogP contribution in [0.25, 0.3) is 0 Å². The van der Waals surface area contributed by atoms with E-state index in [1.165, 1.54) is 0 Å². The van der Waals surface area contributed by atoms with Gasteiger partial charge in [0.15, 0.2) is 0 Å². The zero-order valence-corrected chi connectivity index (χ0v) is 8.67. The molecule has 1 atom stereocenters. The molecule has 0 heterocycles.